The Morgan fingerprint density at radius 1 is 1.26 bits per heavy atom. The summed E-state index contributed by atoms with van der Waals surface area (Å²) in [6.45, 7) is 5.06. The van der Waals surface area contributed by atoms with Crippen molar-refractivity contribution < 1.29 is 24.2 Å². The van der Waals surface area contributed by atoms with Gasteiger partial charge in [-0.3, -0.25) is 0 Å². The molecule has 0 heterocycles. The lowest BCUT2D eigenvalue weighted by molar-refractivity contribution is -0.169. The first kappa shape index (κ1) is 18.5. The van der Waals surface area contributed by atoms with Gasteiger partial charge in [0.05, 0.1) is 0 Å². The van der Waals surface area contributed by atoms with Crippen molar-refractivity contribution in [3.63, 3.8) is 0 Å². The maximum absolute atomic E-state index is 12.2. The van der Waals surface area contributed by atoms with Crippen molar-refractivity contribution in [3.8, 4) is 18.1 Å². The maximum atomic E-state index is 12.2. The predicted octanol–water partition coefficient (Wildman–Crippen LogP) is 1.36. The van der Waals surface area contributed by atoms with Crippen LogP contribution in [0.5, 0.6) is 5.75 Å². The normalized spacial score (nSPS) is 13.5. The van der Waals surface area contributed by atoms with Gasteiger partial charge in [-0.1, -0.05) is 18.1 Å². The standard InChI is InChI=1S/C17H21NO5/c1-5-10-22-13-8-6-12(7-9-13)11-17(18,14(19)20)15(21)23-16(2,3)4/h1,6-9H,10-11,18H2,2-4H3,(H,19,20)/t17-/m0/s1. The molecular formula is C17H21NO5. The van der Waals surface area contributed by atoms with E-state index >= 15 is 0 Å². The van der Waals surface area contributed by atoms with Gasteiger partial charge in [-0.2, -0.15) is 0 Å². The minimum atomic E-state index is -2.16. The SMILES string of the molecule is C#CCOc1ccc(C[C@](N)(C(=O)O)C(=O)OC(C)(C)C)cc1. The third kappa shape index (κ3) is 5.31. The topological polar surface area (TPSA) is 98.9 Å². The number of hydrogen-bond donors (Lipinski definition) is 2. The van der Waals surface area contributed by atoms with Crippen molar-refractivity contribution in [2.45, 2.75) is 38.3 Å². The van der Waals surface area contributed by atoms with Gasteiger partial charge in [0, 0.05) is 6.42 Å². The van der Waals surface area contributed by atoms with Crippen LogP contribution in [0, 0.1) is 12.3 Å². The maximum Gasteiger partial charge on any atom is 0.338 e. The summed E-state index contributed by atoms with van der Waals surface area (Å²) in [4.78, 5) is 23.6. The summed E-state index contributed by atoms with van der Waals surface area (Å²) >= 11 is 0. The molecule has 0 saturated heterocycles. The van der Waals surface area contributed by atoms with Crippen molar-refractivity contribution in [3.05, 3.63) is 29.8 Å². The molecule has 0 aromatic heterocycles. The van der Waals surface area contributed by atoms with E-state index < -0.39 is 23.1 Å². The van der Waals surface area contributed by atoms with Crippen molar-refractivity contribution in [2.24, 2.45) is 5.73 Å². The van der Waals surface area contributed by atoms with E-state index in [0.717, 1.165) is 0 Å². The van der Waals surface area contributed by atoms with E-state index in [4.69, 9.17) is 21.6 Å². The number of ether oxygens (including phenoxy) is 2. The van der Waals surface area contributed by atoms with E-state index in [-0.39, 0.29) is 13.0 Å². The molecule has 0 aliphatic rings. The first-order valence-electron chi connectivity index (χ1n) is 6.99. The number of carbonyl (C=O) groups excluding carboxylic acids is 1. The predicted molar refractivity (Wildman–Crippen MR) is 84.9 cm³/mol. The monoisotopic (exact) mass is 319 g/mol. The van der Waals surface area contributed by atoms with E-state index in [1.54, 1.807) is 45.0 Å². The highest BCUT2D eigenvalue weighted by molar-refractivity contribution is 6.04. The number of terminal acetylenes is 1. The lowest BCUT2D eigenvalue weighted by Crippen LogP contribution is -2.58. The average Bonchev–Trinajstić information content (AvgIpc) is 2.44. The molecule has 23 heavy (non-hydrogen) atoms. The van der Waals surface area contributed by atoms with Crippen LogP contribution in [0.15, 0.2) is 24.3 Å². The number of carboxylic acids is 1. The summed E-state index contributed by atoms with van der Waals surface area (Å²) in [5.74, 6) is 0.457. The van der Waals surface area contributed by atoms with Crippen LogP contribution in [0.25, 0.3) is 0 Å². The Morgan fingerprint density at radius 2 is 1.83 bits per heavy atom. The Hall–Kier alpha value is -2.52. The van der Waals surface area contributed by atoms with Crippen LogP contribution in [0.2, 0.25) is 0 Å². The Morgan fingerprint density at radius 3 is 2.26 bits per heavy atom. The molecule has 6 nitrogen and oxygen atoms in total. The number of nitrogens with two attached hydrogens (primary N) is 1. The molecule has 0 fully saturated rings. The van der Waals surface area contributed by atoms with Crippen molar-refractivity contribution in [2.75, 3.05) is 6.61 Å². The summed E-state index contributed by atoms with van der Waals surface area (Å²) in [6.07, 6.45) is 4.90. The first-order valence-corrected chi connectivity index (χ1v) is 6.99. The fourth-order valence-corrected chi connectivity index (χ4v) is 1.75. The summed E-state index contributed by atoms with van der Waals surface area (Å²) in [7, 11) is 0. The van der Waals surface area contributed by atoms with Gasteiger partial charge in [-0.15, -0.1) is 6.42 Å². The summed E-state index contributed by atoms with van der Waals surface area (Å²) < 4.78 is 10.3. The van der Waals surface area contributed by atoms with Crippen molar-refractivity contribution in [1.29, 1.82) is 0 Å². The Labute approximate surface area is 135 Å². The van der Waals surface area contributed by atoms with Gasteiger partial charge in [-0.05, 0) is 38.5 Å². The molecule has 0 bridgehead atoms. The number of esters is 1. The van der Waals surface area contributed by atoms with Crippen molar-refractivity contribution in [1.82, 2.24) is 0 Å². The average molecular weight is 319 g/mol. The third-order valence-corrected chi connectivity index (χ3v) is 2.87. The van der Waals surface area contributed by atoms with E-state index in [9.17, 15) is 14.7 Å². The zero-order valence-electron chi connectivity index (χ0n) is 13.5. The van der Waals surface area contributed by atoms with Gasteiger partial charge in [0.1, 0.15) is 18.0 Å². The first-order chi connectivity index (χ1) is 10.6. The van der Waals surface area contributed by atoms with E-state index in [1.807, 2.05) is 0 Å². The Balaban J connectivity index is 2.93. The van der Waals surface area contributed by atoms with Crippen molar-refractivity contribution >= 4 is 11.9 Å². The third-order valence-electron chi connectivity index (χ3n) is 2.87. The summed E-state index contributed by atoms with van der Waals surface area (Å²) in [5.41, 5.74) is 3.39. The minimum Gasteiger partial charge on any atom is -0.481 e. The number of carboxylic acid groups (broad SMARTS) is 1. The molecule has 3 N–H and O–H groups in total. The molecule has 124 valence electrons. The highest BCUT2D eigenvalue weighted by atomic mass is 16.6. The van der Waals surface area contributed by atoms with Crippen LogP contribution in [-0.4, -0.2) is 34.8 Å². The van der Waals surface area contributed by atoms with Gasteiger partial charge in [0.25, 0.3) is 0 Å². The fourth-order valence-electron chi connectivity index (χ4n) is 1.75. The highest BCUT2D eigenvalue weighted by Crippen LogP contribution is 2.20. The summed E-state index contributed by atoms with van der Waals surface area (Å²) in [5, 5.41) is 9.36. The smallest absolute Gasteiger partial charge is 0.338 e. The molecule has 0 spiro atoms. The minimum absolute atomic E-state index is 0.132. The molecular weight excluding hydrogens is 298 g/mol. The summed E-state index contributed by atoms with van der Waals surface area (Å²) in [6, 6.07) is 6.51. The quantitative estimate of drug-likeness (QED) is 0.467. The molecule has 0 radical (unpaired) electrons. The molecule has 0 unspecified atom stereocenters. The largest absolute Gasteiger partial charge is 0.481 e. The molecule has 0 amide bonds. The second-order valence-corrected chi connectivity index (χ2v) is 6.09. The van der Waals surface area contributed by atoms with Crippen LogP contribution in [0.4, 0.5) is 0 Å². The lowest BCUT2D eigenvalue weighted by atomic mass is 9.91. The van der Waals surface area contributed by atoms with Gasteiger partial charge in [0.15, 0.2) is 0 Å². The van der Waals surface area contributed by atoms with Gasteiger partial charge < -0.3 is 20.3 Å². The number of rotatable bonds is 6. The van der Waals surface area contributed by atoms with Gasteiger partial charge >= 0.3 is 11.9 Å². The Bertz CT molecular complexity index is 609. The van der Waals surface area contributed by atoms with Crippen LogP contribution in [0.3, 0.4) is 0 Å². The number of hydrogen-bond acceptors (Lipinski definition) is 5. The van der Waals surface area contributed by atoms with E-state index in [0.29, 0.717) is 11.3 Å². The zero-order valence-corrected chi connectivity index (χ0v) is 13.5. The van der Waals surface area contributed by atoms with Crippen LogP contribution < -0.4 is 10.5 Å². The molecule has 1 aromatic rings. The number of aliphatic carboxylic acids is 1. The zero-order chi connectivity index (χ0) is 17.7. The molecule has 0 aliphatic carbocycles. The van der Waals surface area contributed by atoms with Crippen LogP contribution >= 0.6 is 0 Å². The van der Waals surface area contributed by atoms with E-state index in [1.165, 1.54) is 0 Å². The second-order valence-electron chi connectivity index (χ2n) is 6.09. The highest BCUT2D eigenvalue weighted by Gasteiger charge is 2.45. The number of benzene rings is 1. The second kappa shape index (κ2) is 7.16. The van der Waals surface area contributed by atoms with Crippen LogP contribution in [0.1, 0.15) is 26.3 Å². The van der Waals surface area contributed by atoms with Gasteiger partial charge in [0.2, 0.25) is 5.54 Å². The number of carbonyl (C=O) groups is 2. The van der Waals surface area contributed by atoms with Gasteiger partial charge in [-0.25, -0.2) is 9.59 Å². The molecule has 6 heteroatoms. The molecule has 0 aliphatic heterocycles. The molecule has 1 atom stereocenters. The van der Waals surface area contributed by atoms with E-state index in [2.05, 4.69) is 5.92 Å². The Kier molecular flexibility index (Phi) is 5.77. The molecule has 1 rings (SSSR count). The molecule has 0 saturated carbocycles. The lowest BCUT2D eigenvalue weighted by Gasteiger charge is -2.28. The fraction of sp³-hybridized carbons (Fsp3) is 0.412. The van der Waals surface area contributed by atoms with Crippen LogP contribution in [-0.2, 0) is 20.7 Å². The molecule has 1 aromatic carbocycles.